The Morgan fingerprint density at radius 2 is 2.17 bits per heavy atom. The van der Waals surface area contributed by atoms with Crippen molar-refractivity contribution < 1.29 is 14.7 Å². The van der Waals surface area contributed by atoms with Gasteiger partial charge < -0.3 is 5.11 Å². The van der Waals surface area contributed by atoms with Gasteiger partial charge in [-0.3, -0.25) is 9.59 Å². The fourth-order valence-electron chi connectivity index (χ4n) is 1.98. The van der Waals surface area contributed by atoms with E-state index in [-0.39, 0.29) is 17.6 Å². The van der Waals surface area contributed by atoms with E-state index in [2.05, 4.69) is 0 Å². The molecule has 0 saturated heterocycles. The molecular formula is C9H14O3. The molecule has 1 aliphatic rings. The van der Waals surface area contributed by atoms with Crippen LogP contribution in [0, 0.1) is 17.8 Å². The molecule has 0 aromatic heterocycles. The average molecular weight is 170 g/mol. The summed E-state index contributed by atoms with van der Waals surface area (Å²) in [6.07, 6.45) is 0.969. The Morgan fingerprint density at radius 3 is 2.50 bits per heavy atom. The van der Waals surface area contributed by atoms with Crippen LogP contribution in [0.4, 0.5) is 0 Å². The Balaban J connectivity index is 2.77. The molecule has 1 aliphatic carbocycles. The molecule has 0 amide bonds. The molecule has 2 atom stereocenters. The normalized spacial score (nSPS) is 29.8. The minimum atomic E-state index is -0.820. The van der Waals surface area contributed by atoms with Gasteiger partial charge in [-0.05, 0) is 12.3 Å². The van der Waals surface area contributed by atoms with Crippen LogP contribution in [-0.2, 0) is 9.59 Å². The lowest BCUT2D eigenvalue weighted by Gasteiger charge is -2.17. The van der Waals surface area contributed by atoms with E-state index in [1.54, 1.807) is 0 Å². The number of hydrogen-bond donors (Lipinski definition) is 1. The monoisotopic (exact) mass is 170 g/mol. The molecule has 12 heavy (non-hydrogen) atoms. The molecule has 0 aliphatic heterocycles. The van der Waals surface area contributed by atoms with Gasteiger partial charge in [0.15, 0.2) is 0 Å². The number of carboxylic acid groups (broad SMARTS) is 1. The van der Waals surface area contributed by atoms with E-state index >= 15 is 0 Å². The molecule has 0 radical (unpaired) electrons. The Hall–Kier alpha value is -0.860. The largest absolute Gasteiger partial charge is 0.481 e. The molecule has 0 aromatic carbocycles. The summed E-state index contributed by atoms with van der Waals surface area (Å²) in [6.45, 7) is 3.81. The lowest BCUT2D eigenvalue weighted by Crippen LogP contribution is -2.26. The van der Waals surface area contributed by atoms with Gasteiger partial charge >= 0.3 is 5.97 Å². The van der Waals surface area contributed by atoms with Crippen LogP contribution in [0.2, 0.25) is 0 Å². The van der Waals surface area contributed by atoms with Gasteiger partial charge in [-0.1, -0.05) is 13.8 Å². The lowest BCUT2D eigenvalue weighted by molar-refractivity contribution is -0.145. The minimum Gasteiger partial charge on any atom is -0.481 e. The number of hydrogen-bond acceptors (Lipinski definition) is 2. The van der Waals surface area contributed by atoms with Crippen LogP contribution >= 0.6 is 0 Å². The fourth-order valence-corrected chi connectivity index (χ4v) is 1.98. The SMILES string of the molecule is CC(C)C1C(=O)CCC1C(=O)O. The summed E-state index contributed by atoms with van der Waals surface area (Å²) < 4.78 is 0. The average Bonchev–Trinajstić information content (AvgIpc) is 2.30. The maximum atomic E-state index is 11.3. The van der Waals surface area contributed by atoms with E-state index in [1.165, 1.54) is 0 Å². The molecule has 68 valence electrons. The number of ketones is 1. The molecule has 2 unspecified atom stereocenters. The molecule has 0 spiro atoms. The first kappa shape index (κ1) is 9.23. The van der Waals surface area contributed by atoms with Crippen molar-refractivity contribution in [3.8, 4) is 0 Å². The van der Waals surface area contributed by atoms with Crippen LogP contribution in [0.5, 0.6) is 0 Å². The molecular weight excluding hydrogens is 156 g/mol. The first-order valence-corrected chi connectivity index (χ1v) is 4.29. The minimum absolute atomic E-state index is 0.123. The molecule has 1 N–H and O–H groups in total. The van der Waals surface area contributed by atoms with Crippen LogP contribution < -0.4 is 0 Å². The number of rotatable bonds is 2. The van der Waals surface area contributed by atoms with Crippen LogP contribution in [0.25, 0.3) is 0 Å². The van der Waals surface area contributed by atoms with Gasteiger partial charge in [0, 0.05) is 12.3 Å². The summed E-state index contributed by atoms with van der Waals surface area (Å²) in [5, 5.41) is 8.80. The number of carbonyl (C=O) groups excluding carboxylic acids is 1. The third kappa shape index (κ3) is 1.49. The lowest BCUT2D eigenvalue weighted by atomic mass is 9.86. The van der Waals surface area contributed by atoms with Crippen LogP contribution in [-0.4, -0.2) is 16.9 Å². The van der Waals surface area contributed by atoms with Crippen molar-refractivity contribution in [1.82, 2.24) is 0 Å². The molecule has 3 heteroatoms. The van der Waals surface area contributed by atoms with Crippen molar-refractivity contribution in [1.29, 1.82) is 0 Å². The van der Waals surface area contributed by atoms with Crippen LogP contribution in [0.15, 0.2) is 0 Å². The van der Waals surface area contributed by atoms with E-state index in [1.807, 2.05) is 13.8 Å². The second-order valence-corrected chi connectivity index (χ2v) is 3.72. The van der Waals surface area contributed by atoms with Gasteiger partial charge in [-0.25, -0.2) is 0 Å². The molecule has 0 heterocycles. The van der Waals surface area contributed by atoms with E-state index in [4.69, 9.17) is 5.11 Å². The van der Waals surface area contributed by atoms with Gasteiger partial charge in [0.2, 0.25) is 0 Å². The third-order valence-electron chi connectivity index (χ3n) is 2.54. The summed E-state index contributed by atoms with van der Waals surface area (Å²) in [7, 11) is 0. The summed E-state index contributed by atoms with van der Waals surface area (Å²) in [5.74, 6) is -1.22. The first-order chi connectivity index (χ1) is 5.54. The molecule has 0 bridgehead atoms. The quantitative estimate of drug-likeness (QED) is 0.680. The molecule has 1 saturated carbocycles. The van der Waals surface area contributed by atoms with Gasteiger partial charge in [-0.15, -0.1) is 0 Å². The van der Waals surface area contributed by atoms with Gasteiger partial charge in [0.05, 0.1) is 5.92 Å². The van der Waals surface area contributed by atoms with Crippen molar-refractivity contribution in [3.63, 3.8) is 0 Å². The predicted molar refractivity (Wildman–Crippen MR) is 43.7 cm³/mol. The number of carbonyl (C=O) groups is 2. The number of aliphatic carboxylic acids is 1. The molecule has 3 nitrogen and oxygen atoms in total. The zero-order chi connectivity index (χ0) is 9.30. The summed E-state index contributed by atoms with van der Waals surface area (Å²) >= 11 is 0. The Morgan fingerprint density at radius 1 is 1.58 bits per heavy atom. The van der Waals surface area contributed by atoms with E-state index < -0.39 is 11.9 Å². The second-order valence-electron chi connectivity index (χ2n) is 3.72. The highest BCUT2D eigenvalue weighted by Crippen LogP contribution is 2.34. The molecule has 0 aromatic rings. The zero-order valence-electron chi connectivity index (χ0n) is 7.41. The molecule has 1 fully saturated rings. The van der Waals surface area contributed by atoms with Crippen LogP contribution in [0.1, 0.15) is 26.7 Å². The smallest absolute Gasteiger partial charge is 0.307 e. The van der Waals surface area contributed by atoms with Crippen molar-refractivity contribution in [2.75, 3.05) is 0 Å². The van der Waals surface area contributed by atoms with Crippen molar-refractivity contribution in [2.45, 2.75) is 26.7 Å². The highest BCUT2D eigenvalue weighted by atomic mass is 16.4. The van der Waals surface area contributed by atoms with E-state index in [9.17, 15) is 9.59 Å². The van der Waals surface area contributed by atoms with Crippen molar-refractivity contribution in [3.05, 3.63) is 0 Å². The first-order valence-electron chi connectivity index (χ1n) is 4.29. The maximum absolute atomic E-state index is 11.3. The Kier molecular flexibility index (Phi) is 2.50. The third-order valence-corrected chi connectivity index (χ3v) is 2.54. The number of carboxylic acids is 1. The van der Waals surface area contributed by atoms with Crippen LogP contribution in [0.3, 0.4) is 0 Å². The Bertz CT molecular complexity index is 208. The zero-order valence-corrected chi connectivity index (χ0v) is 7.41. The predicted octanol–water partition coefficient (Wildman–Crippen LogP) is 1.32. The highest BCUT2D eigenvalue weighted by molar-refractivity contribution is 5.89. The van der Waals surface area contributed by atoms with E-state index in [0.29, 0.717) is 12.8 Å². The standard InChI is InChI=1S/C9H14O3/c1-5(2)8-6(9(11)12)3-4-7(8)10/h5-6,8H,3-4H2,1-2H3,(H,11,12). The fraction of sp³-hybridized carbons (Fsp3) is 0.778. The maximum Gasteiger partial charge on any atom is 0.307 e. The summed E-state index contributed by atoms with van der Waals surface area (Å²) in [5.41, 5.74) is 0. The van der Waals surface area contributed by atoms with Gasteiger partial charge in [-0.2, -0.15) is 0 Å². The summed E-state index contributed by atoms with van der Waals surface area (Å²) in [4.78, 5) is 22.0. The van der Waals surface area contributed by atoms with E-state index in [0.717, 1.165) is 0 Å². The van der Waals surface area contributed by atoms with Gasteiger partial charge in [0.1, 0.15) is 5.78 Å². The Labute approximate surface area is 71.8 Å². The van der Waals surface area contributed by atoms with Crippen molar-refractivity contribution >= 4 is 11.8 Å². The highest BCUT2D eigenvalue weighted by Gasteiger charge is 2.40. The second kappa shape index (κ2) is 3.25. The van der Waals surface area contributed by atoms with Gasteiger partial charge in [0.25, 0.3) is 0 Å². The molecule has 1 rings (SSSR count). The topological polar surface area (TPSA) is 54.4 Å². The summed E-state index contributed by atoms with van der Waals surface area (Å²) in [6, 6.07) is 0. The van der Waals surface area contributed by atoms with Crippen molar-refractivity contribution in [2.24, 2.45) is 17.8 Å². The number of Topliss-reactive ketones (excluding diaryl/α,β-unsaturated/α-hetero) is 1.